The topological polar surface area (TPSA) is 101 Å². The number of carbonyl (C=O) groups is 3. The van der Waals surface area contributed by atoms with E-state index < -0.39 is 34.6 Å². The molecule has 0 unspecified atom stereocenters. The molecule has 1 aromatic rings. The molecule has 5 aliphatic rings. The van der Waals surface area contributed by atoms with Crippen LogP contribution in [-0.2, 0) is 30.2 Å². The summed E-state index contributed by atoms with van der Waals surface area (Å²) in [6.07, 6.45) is -0.330. The number of nitrogens with zero attached hydrogens (tertiary/aromatic N) is 1. The van der Waals surface area contributed by atoms with Gasteiger partial charge in [-0.15, -0.1) is 0 Å². The molecule has 33 heavy (non-hydrogen) atoms. The fraction of sp³-hybridized carbons (Fsp3) is 0.542. The van der Waals surface area contributed by atoms with Crippen molar-refractivity contribution >= 4 is 23.5 Å². The molecule has 1 saturated carbocycles. The molecule has 2 fully saturated rings. The van der Waals surface area contributed by atoms with Gasteiger partial charge in [0.2, 0.25) is 12.6 Å². The van der Waals surface area contributed by atoms with E-state index in [4.69, 9.17) is 23.7 Å². The van der Waals surface area contributed by atoms with E-state index in [1.807, 2.05) is 12.1 Å². The van der Waals surface area contributed by atoms with Crippen molar-refractivity contribution in [3.8, 4) is 11.5 Å². The number of hydrogen-bond acceptors (Lipinski definition) is 9. The molecule has 3 atom stereocenters. The van der Waals surface area contributed by atoms with E-state index in [0.717, 1.165) is 11.1 Å². The van der Waals surface area contributed by atoms with Gasteiger partial charge in [-0.25, -0.2) is 4.79 Å². The SMILES string of the molecule is COC(=O)O[C@@H]1[C@]23CCN4CCc5cc6c(cc5C(=C(OC(=O)C(C)(C)C)C2=O)[C@@]143)OCO6. The minimum absolute atomic E-state index is 0.0476. The Morgan fingerprint density at radius 1 is 1.15 bits per heavy atom. The molecule has 1 spiro atoms. The summed E-state index contributed by atoms with van der Waals surface area (Å²) in [6, 6.07) is 3.78. The average Bonchev–Trinajstić information content (AvgIpc) is 3.04. The molecule has 0 N–H and O–H groups in total. The van der Waals surface area contributed by atoms with E-state index in [2.05, 4.69) is 4.90 Å². The van der Waals surface area contributed by atoms with Gasteiger partial charge in [0.25, 0.3) is 0 Å². The van der Waals surface area contributed by atoms with E-state index >= 15 is 0 Å². The lowest BCUT2D eigenvalue weighted by molar-refractivity contribution is -0.151. The highest BCUT2D eigenvalue weighted by atomic mass is 16.7. The number of piperidine rings is 1. The maximum atomic E-state index is 13.9. The lowest BCUT2D eigenvalue weighted by Gasteiger charge is -2.29. The molecule has 174 valence electrons. The maximum Gasteiger partial charge on any atom is 0.508 e. The Balaban J connectivity index is 1.58. The number of methoxy groups -OCH3 is 1. The number of benzene rings is 1. The summed E-state index contributed by atoms with van der Waals surface area (Å²) in [4.78, 5) is 41.1. The third-order valence-corrected chi connectivity index (χ3v) is 7.62. The predicted octanol–water partition coefficient (Wildman–Crippen LogP) is 2.45. The molecule has 2 aliphatic carbocycles. The number of allylic oxidation sites excluding steroid dienone is 1. The van der Waals surface area contributed by atoms with Gasteiger partial charge in [0.05, 0.1) is 12.5 Å². The van der Waals surface area contributed by atoms with E-state index in [1.165, 1.54) is 7.11 Å². The van der Waals surface area contributed by atoms with Crippen molar-refractivity contribution in [1.29, 1.82) is 0 Å². The van der Waals surface area contributed by atoms with Crippen LogP contribution in [0.25, 0.3) is 5.57 Å². The number of hydrogen-bond donors (Lipinski definition) is 0. The zero-order valence-corrected chi connectivity index (χ0v) is 19.0. The van der Waals surface area contributed by atoms with Gasteiger partial charge < -0.3 is 23.7 Å². The fourth-order valence-corrected chi connectivity index (χ4v) is 6.11. The monoisotopic (exact) mass is 455 g/mol. The Bertz CT molecular complexity index is 1160. The predicted molar refractivity (Wildman–Crippen MR) is 112 cm³/mol. The van der Waals surface area contributed by atoms with Crippen LogP contribution in [0.3, 0.4) is 0 Å². The highest BCUT2D eigenvalue weighted by Gasteiger charge is 2.93. The molecule has 0 amide bonds. The van der Waals surface area contributed by atoms with Crippen LogP contribution in [0.15, 0.2) is 17.9 Å². The molecular weight excluding hydrogens is 430 g/mol. The first kappa shape index (κ1) is 20.5. The Hall–Kier alpha value is -3.07. The van der Waals surface area contributed by atoms with Crippen LogP contribution in [-0.4, -0.2) is 61.4 Å². The Morgan fingerprint density at radius 2 is 1.88 bits per heavy atom. The molecule has 0 aromatic heterocycles. The lowest BCUT2D eigenvalue weighted by Crippen LogP contribution is -2.40. The second kappa shape index (κ2) is 6.28. The first-order valence-corrected chi connectivity index (χ1v) is 11.1. The fourth-order valence-electron chi connectivity index (χ4n) is 6.11. The summed E-state index contributed by atoms with van der Waals surface area (Å²) in [5, 5.41) is 0. The second-order valence-electron chi connectivity index (χ2n) is 10.2. The van der Waals surface area contributed by atoms with Gasteiger partial charge in [-0.1, -0.05) is 0 Å². The van der Waals surface area contributed by atoms with Gasteiger partial charge in [0.1, 0.15) is 17.1 Å². The van der Waals surface area contributed by atoms with E-state index in [0.29, 0.717) is 43.0 Å². The number of fused-ring (bicyclic) bond motifs is 3. The molecule has 1 saturated heterocycles. The molecule has 3 aliphatic heterocycles. The van der Waals surface area contributed by atoms with E-state index in [-0.39, 0.29) is 18.3 Å². The van der Waals surface area contributed by atoms with Crippen molar-refractivity contribution < 1.29 is 38.1 Å². The van der Waals surface area contributed by atoms with Crippen LogP contribution in [0.1, 0.15) is 38.3 Å². The molecule has 0 bridgehead atoms. The molecule has 9 heteroatoms. The quantitative estimate of drug-likeness (QED) is 0.623. The van der Waals surface area contributed by atoms with Gasteiger partial charge in [0, 0.05) is 18.7 Å². The van der Waals surface area contributed by atoms with Crippen molar-refractivity contribution in [2.75, 3.05) is 27.0 Å². The number of ketones is 1. The van der Waals surface area contributed by atoms with Crippen LogP contribution < -0.4 is 9.47 Å². The van der Waals surface area contributed by atoms with Crippen LogP contribution in [0.2, 0.25) is 0 Å². The number of esters is 1. The Kier molecular flexibility index (Phi) is 3.91. The summed E-state index contributed by atoms with van der Waals surface area (Å²) in [7, 11) is 1.24. The van der Waals surface area contributed by atoms with E-state index in [1.54, 1.807) is 20.8 Å². The van der Waals surface area contributed by atoms with Crippen molar-refractivity contribution in [3.63, 3.8) is 0 Å². The van der Waals surface area contributed by atoms with Gasteiger partial charge in [0.15, 0.2) is 17.3 Å². The van der Waals surface area contributed by atoms with Crippen molar-refractivity contribution in [2.45, 2.75) is 45.3 Å². The third kappa shape index (κ3) is 2.33. The largest absolute Gasteiger partial charge is 0.508 e. The first-order valence-electron chi connectivity index (χ1n) is 11.1. The van der Waals surface area contributed by atoms with Gasteiger partial charge in [-0.3, -0.25) is 14.5 Å². The average molecular weight is 455 g/mol. The van der Waals surface area contributed by atoms with Gasteiger partial charge in [-0.2, -0.15) is 0 Å². The van der Waals surface area contributed by atoms with Crippen LogP contribution in [0.4, 0.5) is 4.79 Å². The van der Waals surface area contributed by atoms with Gasteiger partial charge in [-0.05, 0) is 56.9 Å². The van der Waals surface area contributed by atoms with Gasteiger partial charge >= 0.3 is 12.1 Å². The van der Waals surface area contributed by atoms with Crippen LogP contribution in [0.5, 0.6) is 11.5 Å². The second-order valence-corrected chi connectivity index (χ2v) is 10.2. The standard InChI is InChI=1S/C24H25NO8/c1-22(2,3)20(27)32-17-16-13-10-15-14(30-11-31-15)9-12(13)5-7-25-8-6-23(18(17)26)19(24(16,23)25)33-21(28)29-4/h9-10,19H,5-8,11H2,1-4H3/t19-,23+,24+/m1/s1. The lowest BCUT2D eigenvalue weighted by atomic mass is 9.92. The number of ether oxygens (including phenoxy) is 5. The highest BCUT2D eigenvalue weighted by Crippen LogP contribution is 2.78. The van der Waals surface area contributed by atoms with Crippen molar-refractivity contribution in [2.24, 2.45) is 10.8 Å². The summed E-state index contributed by atoms with van der Waals surface area (Å²) in [5.74, 6) is 0.481. The first-order chi connectivity index (χ1) is 15.7. The molecule has 6 rings (SSSR count). The summed E-state index contributed by atoms with van der Waals surface area (Å²) in [6.45, 7) is 6.69. The zero-order valence-electron chi connectivity index (χ0n) is 19.0. The maximum absolute atomic E-state index is 13.9. The van der Waals surface area contributed by atoms with E-state index in [9.17, 15) is 14.4 Å². The Labute approximate surface area is 190 Å². The minimum Gasteiger partial charge on any atom is -0.454 e. The minimum atomic E-state index is -0.984. The normalized spacial score (nSPS) is 30.9. The van der Waals surface area contributed by atoms with Crippen molar-refractivity contribution in [3.05, 3.63) is 29.0 Å². The Morgan fingerprint density at radius 3 is 2.58 bits per heavy atom. The highest BCUT2D eigenvalue weighted by molar-refractivity contribution is 6.20. The smallest absolute Gasteiger partial charge is 0.454 e. The van der Waals surface area contributed by atoms with Crippen LogP contribution >= 0.6 is 0 Å². The third-order valence-electron chi connectivity index (χ3n) is 7.62. The summed E-state index contributed by atoms with van der Waals surface area (Å²) in [5.41, 5.74) is -0.328. The molecule has 3 heterocycles. The summed E-state index contributed by atoms with van der Waals surface area (Å²) < 4.78 is 27.4. The van der Waals surface area contributed by atoms with Crippen LogP contribution in [0, 0.1) is 10.8 Å². The number of Topliss-reactive ketones (excluding diaryl/α,β-unsaturated/α-hetero) is 1. The molecule has 9 nitrogen and oxygen atoms in total. The molecular formula is C24H25NO8. The zero-order chi connectivity index (χ0) is 23.3. The number of carbonyl (C=O) groups excluding carboxylic acids is 3. The van der Waals surface area contributed by atoms with Crippen molar-refractivity contribution in [1.82, 2.24) is 4.90 Å². The number of rotatable bonds is 2. The molecule has 0 radical (unpaired) electrons. The molecule has 1 aromatic carbocycles. The summed E-state index contributed by atoms with van der Waals surface area (Å²) >= 11 is 0.